The van der Waals surface area contributed by atoms with Crippen LogP contribution in [0.3, 0.4) is 0 Å². The number of methoxy groups -OCH3 is 1. The Morgan fingerprint density at radius 3 is 2.64 bits per heavy atom. The predicted molar refractivity (Wildman–Crippen MR) is 115 cm³/mol. The predicted octanol–water partition coefficient (Wildman–Crippen LogP) is 4.38. The lowest BCUT2D eigenvalue weighted by Crippen LogP contribution is -2.21. The number of halogens is 2. The van der Waals surface area contributed by atoms with Gasteiger partial charge >= 0.3 is 0 Å². The summed E-state index contributed by atoms with van der Waals surface area (Å²) in [7, 11) is 3.52. The number of ether oxygens (including phenoxy) is 1. The second-order valence-corrected chi connectivity index (χ2v) is 7.23. The molecule has 3 aromatic rings. The van der Waals surface area contributed by atoms with Crippen LogP contribution in [0.15, 0.2) is 36.4 Å². The molecule has 0 spiro atoms. The van der Waals surface area contributed by atoms with Gasteiger partial charge in [-0.15, -0.1) is 10.2 Å². The largest absolute Gasteiger partial charge is 0.495 e. The van der Waals surface area contributed by atoms with Crippen molar-refractivity contribution in [3.8, 4) is 5.75 Å². The SMILES string of the molecule is COc1ccc(CNc2nnc(N(C)CCCO)c3ccc(Cl)cc23)cc1Cl. The monoisotopic (exact) mass is 420 g/mol. The third-order valence-electron chi connectivity index (χ3n) is 4.41. The number of nitrogens with zero attached hydrogens (tertiary/aromatic N) is 3. The van der Waals surface area contributed by atoms with E-state index in [-0.39, 0.29) is 6.61 Å². The standard InChI is InChI=1S/C20H22Cl2N4O2/c1-26(8-3-9-27)20-15-6-5-14(21)11-16(15)19(24-25-20)23-12-13-4-7-18(28-2)17(22)10-13/h4-7,10-11,27H,3,8-9,12H2,1-2H3,(H,23,24). The summed E-state index contributed by atoms with van der Waals surface area (Å²) in [6.07, 6.45) is 0.658. The zero-order valence-corrected chi connectivity index (χ0v) is 17.3. The number of aromatic nitrogens is 2. The number of hydrogen-bond acceptors (Lipinski definition) is 6. The lowest BCUT2D eigenvalue weighted by molar-refractivity contribution is 0.290. The summed E-state index contributed by atoms with van der Waals surface area (Å²) >= 11 is 12.4. The number of aliphatic hydroxyl groups excluding tert-OH is 1. The minimum Gasteiger partial charge on any atom is -0.495 e. The molecule has 1 aromatic heterocycles. The second kappa shape index (κ2) is 9.28. The fourth-order valence-electron chi connectivity index (χ4n) is 2.94. The van der Waals surface area contributed by atoms with E-state index in [2.05, 4.69) is 15.5 Å². The Balaban J connectivity index is 1.89. The van der Waals surface area contributed by atoms with Gasteiger partial charge in [-0.3, -0.25) is 0 Å². The van der Waals surface area contributed by atoms with Crippen LogP contribution in [0.5, 0.6) is 5.75 Å². The molecule has 0 unspecified atom stereocenters. The molecule has 2 aromatic carbocycles. The van der Waals surface area contributed by atoms with Gasteiger partial charge in [-0.1, -0.05) is 29.3 Å². The molecule has 0 saturated heterocycles. The van der Waals surface area contributed by atoms with Crippen molar-refractivity contribution in [3.05, 3.63) is 52.0 Å². The van der Waals surface area contributed by atoms with Crippen LogP contribution in [0.1, 0.15) is 12.0 Å². The molecule has 3 rings (SSSR count). The maximum atomic E-state index is 9.08. The molecule has 8 heteroatoms. The summed E-state index contributed by atoms with van der Waals surface area (Å²) in [5, 5.41) is 24.2. The molecule has 0 aliphatic heterocycles. The van der Waals surface area contributed by atoms with Crippen LogP contribution in [0.25, 0.3) is 10.8 Å². The Hall–Kier alpha value is -2.28. The van der Waals surface area contributed by atoms with E-state index in [0.29, 0.717) is 41.1 Å². The summed E-state index contributed by atoms with van der Waals surface area (Å²) in [6.45, 7) is 1.34. The van der Waals surface area contributed by atoms with Crippen LogP contribution in [-0.4, -0.2) is 42.6 Å². The first-order valence-electron chi connectivity index (χ1n) is 8.87. The molecule has 0 fully saturated rings. The van der Waals surface area contributed by atoms with E-state index in [9.17, 15) is 0 Å². The zero-order valence-electron chi connectivity index (χ0n) is 15.7. The van der Waals surface area contributed by atoms with Crippen molar-refractivity contribution >= 4 is 45.6 Å². The Labute approximate surface area is 174 Å². The van der Waals surface area contributed by atoms with Crippen molar-refractivity contribution in [2.45, 2.75) is 13.0 Å². The van der Waals surface area contributed by atoms with Gasteiger partial charge in [0.1, 0.15) is 5.75 Å². The van der Waals surface area contributed by atoms with E-state index in [0.717, 1.165) is 22.2 Å². The van der Waals surface area contributed by atoms with Gasteiger partial charge in [0.25, 0.3) is 0 Å². The molecule has 6 nitrogen and oxygen atoms in total. The lowest BCUT2D eigenvalue weighted by Gasteiger charge is -2.20. The second-order valence-electron chi connectivity index (χ2n) is 6.38. The minimum atomic E-state index is 0.131. The highest BCUT2D eigenvalue weighted by Crippen LogP contribution is 2.31. The Kier molecular flexibility index (Phi) is 6.78. The number of rotatable bonds is 8. The summed E-state index contributed by atoms with van der Waals surface area (Å²) in [4.78, 5) is 1.98. The molecular formula is C20H22Cl2N4O2. The van der Waals surface area contributed by atoms with E-state index >= 15 is 0 Å². The van der Waals surface area contributed by atoms with Gasteiger partial charge in [-0.2, -0.15) is 0 Å². The first kappa shape index (κ1) is 20.5. The molecule has 28 heavy (non-hydrogen) atoms. The average molecular weight is 421 g/mol. The molecule has 2 N–H and O–H groups in total. The van der Waals surface area contributed by atoms with Crippen LogP contribution in [0, 0.1) is 0 Å². The molecule has 0 aliphatic carbocycles. The van der Waals surface area contributed by atoms with Crippen molar-refractivity contribution in [1.29, 1.82) is 0 Å². The molecule has 148 valence electrons. The van der Waals surface area contributed by atoms with Crippen molar-refractivity contribution in [2.75, 3.05) is 37.5 Å². The average Bonchev–Trinajstić information content (AvgIpc) is 2.70. The maximum absolute atomic E-state index is 9.08. The topological polar surface area (TPSA) is 70.5 Å². The van der Waals surface area contributed by atoms with E-state index in [1.165, 1.54) is 0 Å². The number of benzene rings is 2. The van der Waals surface area contributed by atoms with Gasteiger partial charge in [-0.05, 0) is 42.3 Å². The summed E-state index contributed by atoms with van der Waals surface area (Å²) in [5.74, 6) is 2.03. The Bertz CT molecular complexity index is 968. The van der Waals surface area contributed by atoms with Crippen molar-refractivity contribution in [2.24, 2.45) is 0 Å². The maximum Gasteiger partial charge on any atom is 0.159 e. The third kappa shape index (κ3) is 4.58. The van der Waals surface area contributed by atoms with E-state index in [4.69, 9.17) is 33.0 Å². The Morgan fingerprint density at radius 1 is 1.11 bits per heavy atom. The van der Waals surface area contributed by atoms with Gasteiger partial charge in [0.05, 0.1) is 12.1 Å². The molecule has 0 atom stereocenters. The number of anilines is 2. The highest BCUT2D eigenvalue weighted by Gasteiger charge is 2.13. The number of fused-ring (bicyclic) bond motifs is 1. The molecule has 1 heterocycles. The van der Waals surface area contributed by atoms with Crippen LogP contribution in [0.2, 0.25) is 10.0 Å². The quantitative estimate of drug-likeness (QED) is 0.563. The van der Waals surface area contributed by atoms with E-state index in [1.807, 2.05) is 48.3 Å². The van der Waals surface area contributed by atoms with E-state index in [1.54, 1.807) is 7.11 Å². The number of nitrogens with one attached hydrogen (secondary N) is 1. The van der Waals surface area contributed by atoms with Crippen molar-refractivity contribution in [3.63, 3.8) is 0 Å². The highest BCUT2D eigenvalue weighted by molar-refractivity contribution is 6.32. The van der Waals surface area contributed by atoms with Gasteiger partial charge < -0.3 is 20.1 Å². The lowest BCUT2D eigenvalue weighted by atomic mass is 10.1. The first-order chi connectivity index (χ1) is 13.5. The van der Waals surface area contributed by atoms with Crippen molar-refractivity contribution in [1.82, 2.24) is 10.2 Å². The van der Waals surface area contributed by atoms with Crippen molar-refractivity contribution < 1.29 is 9.84 Å². The molecule has 0 saturated carbocycles. The normalized spacial score (nSPS) is 10.9. The van der Waals surface area contributed by atoms with Crippen LogP contribution in [-0.2, 0) is 6.54 Å². The van der Waals surface area contributed by atoms with Gasteiger partial charge in [-0.25, -0.2) is 0 Å². The smallest absolute Gasteiger partial charge is 0.159 e. The van der Waals surface area contributed by atoms with E-state index < -0.39 is 0 Å². The van der Waals surface area contributed by atoms with Crippen LogP contribution < -0.4 is 15.0 Å². The molecule has 0 aliphatic rings. The molecule has 0 radical (unpaired) electrons. The zero-order chi connectivity index (χ0) is 20.1. The van der Waals surface area contributed by atoms with Crippen LogP contribution in [0.4, 0.5) is 11.6 Å². The summed E-state index contributed by atoms with van der Waals surface area (Å²) in [6, 6.07) is 11.3. The summed E-state index contributed by atoms with van der Waals surface area (Å²) in [5.41, 5.74) is 0.993. The number of aliphatic hydroxyl groups is 1. The van der Waals surface area contributed by atoms with Gasteiger partial charge in [0, 0.05) is 42.5 Å². The van der Waals surface area contributed by atoms with Gasteiger partial charge in [0.2, 0.25) is 0 Å². The Morgan fingerprint density at radius 2 is 1.93 bits per heavy atom. The highest BCUT2D eigenvalue weighted by atomic mass is 35.5. The summed E-state index contributed by atoms with van der Waals surface area (Å²) < 4.78 is 5.19. The fraction of sp³-hybridized carbons (Fsp3) is 0.300. The molecular weight excluding hydrogens is 399 g/mol. The van der Waals surface area contributed by atoms with Gasteiger partial charge in [0.15, 0.2) is 11.6 Å². The first-order valence-corrected chi connectivity index (χ1v) is 9.63. The van der Waals surface area contributed by atoms with Crippen LogP contribution >= 0.6 is 23.2 Å². The number of hydrogen-bond donors (Lipinski definition) is 2. The minimum absolute atomic E-state index is 0.131. The third-order valence-corrected chi connectivity index (χ3v) is 4.94. The molecule has 0 bridgehead atoms. The molecule has 0 amide bonds. The fourth-order valence-corrected chi connectivity index (χ4v) is 3.40.